The number of hydrogen-bond donors (Lipinski definition) is 0. The van der Waals surface area contributed by atoms with Crippen molar-refractivity contribution in [3.05, 3.63) is 23.3 Å². The van der Waals surface area contributed by atoms with Gasteiger partial charge < -0.3 is 14.5 Å². The Balaban J connectivity index is 1.59. The van der Waals surface area contributed by atoms with Gasteiger partial charge in [0.2, 0.25) is 5.91 Å². The van der Waals surface area contributed by atoms with E-state index in [0.717, 1.165) is 37.4 Å². The maximum Gasteiger partial charge on any atom is 0.257 e. The second kappa shape index (κ2) is 8.75. The molecule has 0 spiro atoms. The summed E-state index contributed by atoms with van der Waals surface area (Å²) in [6.07, 6.45) is 3.53. The molecule has 2 fully saturated rings. The fraction of sp³-hybridized carbons (Fsp3) is 0.684. The molecule has 8 nitrogen and oxygen atoms in total. The molecule has 148 valence electrons. The van der Waals surface area contributed by atoms with E-state index >= 15 is 0 Å². The second-order valence-corrected chi connectivity index (χ2v) is 7.47. The molecule has 0 unspecified atom stereocenters. The summed E-state index contributed by atoms with van der Waals surface area (Å²) in [5, 5.41) is 0. The molecule has 1 aromatic heterocycles. The van der Waals surface area contributed by atoms with Gasteiger partial charge in [0, 0.05) is 39.3 Å². The third-order valence-corrected chi connectivity index (χ3v) is 5.34. The molecule has 0 N–H and O–H groups in total. The standard InChI is InChI=1S/C19H29N5O3/c1-14-16(19(26)24-8-10-27-11-9-24)12-20-18(21-14)15-4-6-23(7-5-15)13-17(25)22(2)3/h12,15H,4-11,13H2,1-3H3. The maximum absolute atomic E-state index is 12.7. The molecule has 3 heterocycles. The van der Waals surface area contributed by atoms with Crippen molar-refractivity contribution in [1.29, 1.82) is 0 Å². The van der Waals surface area contributed by atoms with Crippen LogP contribution in [-0.2, 0) is 9.53 Å². The Morgan fingerprint density at radius 3 is 2.44 bits per heavy atom. The van der Waals surface area contributed by atoms with Gasteiger partial charge in [0.25, 0.3) is 5.91 Å². The van der Waals surface area contributed by atoms with Crippen LogP contribution >= 0.6 is 0 Å². The van der Waals surface area contributed by atoms with Crippen LogP contribution in [0.2, 0.25) is 0 Å². The summed E-state index contributed by atoms with van der Waals surface area (Å²) in [7, 11) is 3.57. The highest BCUT2D eigenvalue weighted by molar-refractivity contribution is 5.95. The minimum absolute atomic E-state index is 0.0145. The van der Waals surface area contributed by atoms with Gasteiger partial charge in [-0.1, -0.05) is 0 Å². The fourth-order valence-corrected chi connectivity index (χ4v) is 3.51. The molecule has 2 amide bonds. The Kier molecular flexibility index (Phi) is 6.38. The van der Waals surface area contributed by atoms with Crippen molar-refractivity contribution >= 4 is 11.8 Å². The number of morpholine rings is 1. The van der Waals surface area contributed by atoms with Crippen molar-refractivity contribution in [3.8, 4) is 0 Å². The van der Waals surface area contributed by atoms with Gasteiger partial charge in [-0.05, 0) is 32.9 Å². The zero-order valence-corrected chi connectivity index (χ0v) is 16.5. The molecule has 3 rings (SSSR count). The van der Waals surface area contributed by atoms with E-state index in [4.69, 9.17) is 4.74 Å². The summed E-state index contributed by atoms with van der Waals surface area (Å²) >= 11 is 0. The molecule has 27 heavy (non-hydrogen) atoms. The number of rotatable bonds is 4. The lowest BCUT2D eigenvalue weighted by atomic mass is 9.95. The Hall–Kier alpha value is -2.06. The van der Waals surface area contributed by atoms with Crippen molar-refractivity contribution in [1.82, 2.24) is 24.7 Å². The number of carbonyl (C=O) groups is 2. The van der Waals surface area contributed by atoms with Crippen molar-refractivity contribution in [2.24, 2.45) is 0 Å². The molecule has 0 radical (unpaired) electrons. The summed E-state index contributed by atoms with van der Waals surface area (Å²) in [5.41, 5.74) is 1.32. The normalized spacial score (nSPS) is 19.1. The molecule has 0 aliphatic carbocycles. The molecule has 1 aromatic rings. The van der Waals surface area contributed by atoms with Gasteiger partial charge in [-0.3, -0.25) is 14.5 Å². The first-order valence-corrected chi connectivity index (χ1v) is 9.58. The van der Waals surface area contributed by atoms with Crippen molar-refractivity contribution < 1.29 is 14.3 Å². The van der Waals surface area contributed by atoms with Crippen LogP contribution in [0.5, 0.6) is 0 Å². The van der Waals surface area contributed by atoms with Gasteiger partial charge in [-0.15, -0.1) is 0 Å². The molecule has 8 heteroatoms. The smallest absolute Gasteiger partial charge is 0.257 e. The maximum atomic E-state index is 12.7. The highest BCUT2D eigenvalue weighted by atomic mass is 16.5. The number of likely N-dealkylation sites (N-methyl/N-ethyl adjacent to an activating group) is 1. The Morgan fingerprint density at radius 1 is 1.19 bits per heavy atom. The molecule has 0 aromatic carbocycles. The lowest BCUT2D eigenvalue weighted by Crippen LogP contribution is -2.41. The Labute approximate surface area is 160 Å². The van der Waals surface area contributed by atoms with Crippen LogP contribution in [-0.4, -0.2) is 96.5 Å². The highest BCUT2D eigenvalue weighted by Crippen LogP contribution is 2.26. The van der Waals surface area contributed by atoms with Gasteiger partial charge in [0.1, 0.15) is 5.82 Å². The predicted molar refractivity (Wildman–Crippen MR) is 101 cm³/mol. The molecule has 2 aliphatic rings. The molecule has 2 aliphatic heterocycles. The van der Waals surface area contributed by atoms with E-state index < -0.39 is 0 Å². The quantitative estimate of drug-likeness (QED) is 0.764. The summed E-state index contributed by atoms with van der Waals surface area (Å²) in [5.74, 6) is 1.21. The zero-order chi connectivity index (χ0) is 19.4. The number of nitrogens with zero attached hydrogens (tertiary/aromatic N) is 5. The van der Waals surface area contributed by atoms with Crippen LogP contribution in [0.15, 0.2) is 6.20 Å². The summed E-state index contributed by atoms with van der Waals surface area (Å²) in [6, 6.07) is 0. The molecule has 0 atom stereocenters. The van der Waals surface area contributed by atoms with Gasteiger partial charge in [0.15, 0.2) is 0 Å². The monoisotopic (exact) mass is 375 g/mol. The van der Waals surface area contributed by atoms with Crippen LogP contribution in [0, 0.1) is 6.92 Å². The van der Waals surface area contributed by atoms with Gasteiger partial charge in [-0.25, -0.2) is 9.97 Å². The number of amides is 2. The fourth-order valence-electron chi connectivity index (χ4n) is 3.51. The topological polar surface area (TPSA) is 78.9 Å². The number of carbonyl (C=O) groups excluding carboxylic acids is 2. The third kappa shape index (κ3) is 4.81. The van der Waals surface area contributed by atoms with E-state index in [2.05, 4.69) is 14.9 Å². The lowest BCUT2D eigenvalue weighted by molar-refractivity contribution is -0.130. The largest absolute Gasteiger partial charge is 0.378 e. The SMILES string of the molecule is Cc1nc(C2CCN(CC(=O)N(C)C)CC2)ncc1C(=O)N1CCOCC1. The van der Waals surface area contributed by atoms with E-state index in [1.165, 1.54) is 0 Å². The van der Waals surface area contributed by atoms with E-state index in [1.54, 1.807) is 30.1 Å². The first-order valence-electron chi connectivity index (χ1n) is 9.58. The minimum Gasteiger partial charge on any atom is -0.378 e. The number of aryl methyl sites for hydroxylation is 1. The Morgan fingerprint density at radius 2 is 1.85 bits per heavy atom. The van der Waals surface area contributed by atoms with Crippen LogP contribution < -0.4 is 0 Å². The lowest BCUT2D eigenvalue weighted by Gasteiger charge is -2.31. The second-order valence-electron chi connectivity index (χ2n) is 7.47. The predicted octanol–water partition coefficient (Wildman–Crippen LogP) is 0.525. The first-order chi connectivity index (χ1) is 13.0. The van der Waals surface area contributed by atoms with Crippen LogP contribution in [0.4, 0.5) is 0 Å². The van der Waals surface area contributed by atoms with E-state index in [-0.39, 0.29) is 17.7 Å². The average molecular weight is 375 g/mol. The number of hydrogen-bond acceptors (Lipinski definition) is 6. The first kappa shape index (κ1) is 19.7. The van der Waals surface area contributed by atoms with Crippen molar-refractivity contribution in [3.63, 3.8) is 0 Å². The van der Waals surface area contributed by atoms with Crippen molar-refractivity contribution in [2.75, 3.05) is 60.0 Å². The third-order valence-electron chi connectivity index (χ3n) is 5.34. The van der Waals surface area contributed by atoms with E-state index in [9.17, 15) is 9.59 Å². The summed E-state index contributed by atoms with van der Waals surface area (Å²) in [6.45, 7) is 6.46. The highest BCUT2D eigenvalue weighted by Gasteiger charge is 2.26. The molecular formula is C19H29N5O3. The number of aromatic nitrogens is 2. The molecule has 2 saturated heterocycles. The number of likely N-dealkylation sites (tertiary alicyclic amines) is 1. The molecular weight excluding hydrogens is 346 g/mol. The number of piperidine rings is 1. The molecule has 0 bridgehead atoms. The van der Waals surface area contributed by atoms with Crippen LogP contribution in [0.1, 0.15) is 40.6 Å². The minimum atomic E-state index is -0.0145. The zero-order valence-electron chi connectivity index (χ0n) is 16.5. The van der Waals surface area contributed by atoms with Gasteiger partial charge in [-0.2, -0.15) is 0 Å². The van der Waals surface area contributed by atoms with Crippen LogP contribution in [0.25, 0.3) is 0 Å². The van der Waals surface area contributed by atoms with Gasteiger partial charge >= 0.3 is 0 Å². The van der Waals surface area contributed by atoms with E-state index in [0.29, 0.717) is 38.4 Å². The Bertz CT molecular complexity index is 680. The van der Waals surface area contributed by atoms with E-state index in [1.807, 2.05) is 6.92 Å². The summed E-state index contributed by atoms with van der Waals surface area (Å²) in [4.78, 5) is 39.3. The van der Waals surface area contributed by atoms with Gasteiger partial charge in [0.05, 0.1) is 31.0 Å². The van der Waals surface area contributed by atoms with Crippen molar-refractivity contribution in [2.45, 2.75) is 25.7 Å². The number of ether oxygens (including phenoxy) is 1. The average Bonchev–Trinajstić information content (AvgIpc) is 2.68. The van der Waals surface area contributed by atoms with Crippen LogP contribution in [0.3, 0.4) is 0 Å². The molecule has 0 saturated carbocycles. The summed E-state index contributed by atoms with van der Waals surface area (Å²) < 4.78 is 5.31.